The average Bonchev–Trinajstić information content (AvgIpc) is 2.94. The first-order valence-electron chi connectivity index (χ1n) is 6.63. The van der Waals surface area contributed by atoms with Crippen molar-refractivity contribution in [3.8, 4) is 11.5 Å². The summed E-state index contributed by atoms with van der Waals surface area (Å²) < 4.78 is 10.6. The highest BCUT2D eigenvalue weighted by atomic mass is 16.7. The fourth-order valence-corrected chi connectivity index (χ4v) is 2.56. The van der Waals surface area contributed by atoms with Crippen LogP contribution in [0.3, 0.4) is 0 Å². The van der Waals surface area contributed by atoms with Crippen LogP contribution in [0.25, 0.3) is 0 Å². The molecule has 102 valence electrons. The van der Waals surface area contributed by atoms with Gasteiger partial charge in [0.15, 0.2) is 11.5 Å². The minimum absolute atomic E-state index is 0.0343. The lowest BCUT2D eigenvalue weighted by atomic mass is 10.1. The summed E-state index contributed by atoms with van der Waals surface area (Å²) >= 11 is 0. The van der Waals surface area contributed by atoms with Crippen LogP contribution >= 0.6 is 0 Å². The number of nitrogens with zero attached hydrogens (tertiary/aromatic N) is 1. The average molecular weight is 262 g/mol. The second-order valence-corrected chi connectivity index (χ2v) is 4.98. The minimum atomic E-state index is 0.0343. The number of rotatable bonds is 2. The third-order valence-corrected chi connectivity index (χ3v) is 3.76. The van der Waals surface area contributed by atoms with Crippen molar-refractivity contribution < 1.29 is 14.3 Å². The molecule has 1 aromatic carbocycles. The fraction of sp³-hybridized carbons (Fsp3) is 0.500. The molecule has 2 aliphatic heterocycles. The van der Waals surface area contributed by atoms with Crippen LogP contribution in [0, 0.1) is 0 Å². The number of piperidine rings is 1. The molecule has 0 saturated carbocycles. The van der Waals surface area contributed by atoms with Crippen molar-refractivity contribution in [3.63, 3.8) is 0 Å². The van der Waals surface area contributed by atoms with Gasteiger partial charge in [-0.3, -0.25) is 4.79 Å². The third-order valence-electron chi connectivity index (χ3n) is 3.76. The second kappa shape index (κ2) is 5.09. The number of hydrogen-bond donors (Lipinski definition) is 1. The SMILES string of the molecule is CN(C(=O)c1ccc2c(c1)OCO2)C1CCCNC1. The van der Waals surface area contributed by atoms with E-state index in [9.17, 15) is 4.79 Å². The molecule has 5 heteroatoms. The summed E-state index contributed by atoms with van der Waals surface area (Å²) in [4.78, 5) is 14.3. The van der Waals surface area contributed by atoms with Crippen molar-refractivity contribution in [2.75, 3.05) is 26.9 Å². The maximum Gasteiger partial charge on any atom is 0.254 e. The van der Waals surface area contributed by atoms with E-state index in [-0.39, 0.29) is 18.7 Å². The highest BCUT2D eigenvalue weighted by Gasteiger charge is 2.24. The number of carbonyl (C=O) groups is 1. The predicted octanol–water partition coefficient (Wildman–Crippen LogP) is 1.24. The summed E-state index contributed by atoms with van der Waals surface area (Å²) in [6.45, 7) is 2.14. The normalized spacial score (nSPS) is 21.2. The van der Waals surface area contributed by atoms with Crippen molar-refractivity contribution in [1.82, 2.24) is 10.2 Å². The van der Waals surface area contributed by atoms with Crippen molar-refractivity contribution in [2.45, 2.75) is 18.9 Å². The Kier molecular flexibility index (Phi) is 3.29. The van der Waals surface area contributed by atoms with Crippen LogP contribution in [0.15, 0.2) is 18.2 Å². The van der Waals surface area contributed by atoms with E-state index >= 15 is 0 Å². The van der Waals surface area contributed by atoms with Crippen LogP contribution in [0.2, 0.25) is 0 Å². The van der Waals surface area contributed by atoms with E-state index in [1.54, 1.807) is 18.2 Å². The van der Waals surface area contributed by atoms with Crippen LogP contribution in [0.1, 0.15) is 23.2 Å². The van der Waals surface area contributed by atoms with Crippen molar-refractivity contribution in [1.29, 1.82) is 0 Å². The van der Waals surface area contributed by atoms with Crippen LogP contribution in [-0.2, 0) is 0 Å². The van der Waals surface area contributed by atoms with Crippen LogP contribution in [0.5, 0.6) is 11.5 Å². The molecule has 0 bridgehead atoms. The summed E-state index contributed by atoms with van der Waals surface area (Å²) in [5, 5.41) is 3.33. The Labute approximate surface area is 112 Å². The van der Waals surface area contributed by atoms with E-state index in [2.05, 4.69) is 5.32 Å². The molecule has 0 spiro atoms. The number of carbonyl (C=O) groups excluding carboxylic acids is 1. The van der Waals surface area contributed by atoms with E-state index in [0.717, 1.165) is 25.9 Å². The minimum Gasteiger partial charge on any atom is -0.454 e. The molecule has 5 nitrogen and oxygen atoms in total. The van der Waals surface area contributed by atoms with Gasteiger partial charge < -0.3 is 19.7 Å². The molecule has 1 saturated heterocycles. The standard InChI is InChI=1S/C14H18N2O3/c1-16(11-3-2-6-15-8-11)14(17)10-4-5-12-13(7-10)19-9-18-12/h4-5,7,11,15H,2-3,6,8-9H2,1H3. The van der Waals surface area contributed by atoms with Gasteiger partial charge in [0.1, 0.15) is 0 Å². The fourth-order valence-electron chi connectivity index (χ4n) is 2.56. The van der Waals surface area contributed by atoms with Gasteiger partial charge >= 0.3 is 0 Å². The number of amides is 1. The number of likely N-dealkylation sites (N-methyl/N-ethyl adjacent to an activating group) is 1. The van der Waals surface area contributed by atoms with Gasteiger partial charge in [-0.2, -0.15) is 0 Å². The topological polar surface area (TPSA) is 50.8 Å². The molecular weight excluding hydrogens is 244 g/mol. The highest BCUT2D eigenvalue weighted by Crippen LogP contribution is 2.32. The largest absolute Gasteiger partial charge is 0.454 e. The maximum absolute atomic E-state index is 12.4. The lowest BCUT2D eigenvalue weighted by Gasteiger charge is -2.31. The molecule has 0 aromatic heterocycles. The molecule has 1 fully saturated rings. The summed E-state index contributed by atoms with van der Waals surface area (Å²) in [6.07, 6.45) is 2.17. The zero-order chi connectivity index (χ0) is 13.2. The van der Waals surface area contributed by atoms with E-state index in [0.29, 0.717) is 17.1 Å². The first-order valence-corrected chi connectivity index (χ1v) is 6.63. The molecule has 0 radical (unpaired) electrons. The van der Waals surface area contributed by atoms with E-state index in [4.69, 9.17) is 9.47 Å². The lowest BCUT2D eigenvalue weighted by molar-refractivity contribution is 0.0708. The van der Waals surface area contributed by atoms with E-state index in [1.807, 2.05) is 11.9 Å². The van der Waals surface area contributed by atoms with Crippen LogP contribution in [0.4, 0.5) is 0 Å². The van der Waals surface area contributed by atoms with Crippen LogP contribution in [-0.4, -0.2) is 43.8 Å². The van der Waals surface area contributed by atoms with Crippen molar-refractivity contribution >= 4 is 5.91 Å². The monoisotopic (exact) mass is 262 g/mol. The number of benzene rings is 1. The van der Waals surface area contributed by atoms with Gasteiger partial charge in [0.05, 0.1) is 0 Å². The molecule has 1 amide bonds. The molecule has 1 atom stereocenters. The zero-order valence-corrected chi connectivity index (χ0v) is 11.0. The Morgan fingerprint density at radius 1 is 1.37 bits per heavy atom. The Balaban J connectivity index is 1.75. The van der Waals surface area contributed by atoms with Gasteiger partial charge in [-0.15, -0.1) is 0 Å². The molecule has 3 rings (SSSR count). The third kappa shape index (κ3) is 2.38. The molecule has 1 aromatic rings. The molecule has 0 aliphatic carbocycles. The van der Waals surface area contributed by atoms with E-state index < -0.39 is 0 Å². The Hall–Kier alpha value is -1.75. The molecule has 2 heterocycles. The summed E-state index contributed by atoms with van der Waals surface area (Å²) in [7, 11) is 1.87. The maximum atomic E-state index is 12.4. The number of fused-ring (bicyclic) bond motifs is 1. The van der Waals surface area contributed by atoms with E-state index in [1.165, 1.54) is 0 Å². The van der Waals surface area contributed by atoms with Crippen LogP contribution < -0.4 is 14.8 Å². The van der Waals surface area contributed by atoms with Gasteiger partial charge in [-0.05, 0) is 37.6 Å². The zero-order valence-electron chi connectivity index (χ0n) is 11.0. The first-order chi connectivity index (χ1) is 9.25. The number of hydrogen-bond acceptors (Lipinski definition) is 4. The van der Waals surface area contributed by atoms with Gasteiger partial charge in [-0.1, -0.05) is 0 Å². The number of nitrogens with one attached hydrogen (secondary N) is 1. The smallest absolute Gasteiger partial charge is 0.254 e. The Bertz CT molecular complexity index is 484. The second-order valence-electron chi connectivity index (χ2n) is 4.98. The summed E-state index contributed by atoms with van der Waals surface area (Å²) in [5.74, 6) is 1.39. The molecular formula is C14H18N2O3. The number of ether oxygens (including phenoxy) is 2. The van der Waals surface area contributed by atoms with Crippen molar-refractivity contribution in [3.05, 3.63) is 23.8 Å². The summed E-state index contributed by atoms with van der Waals surface area (Å²) in [5.41, 5.74) is 0.650. The first kappa shape index (κ1) is 12.3. The summed E-state index contributed by atoms with van der Waals surface area (Å²) in [6, 6.07) is 5.62. The lowest BCUT2D eigenvalue weighted by Crippen LogP contribution is -2.46. The highest BCUT2D eigenvalue weighted by molar-refractivity contribution is 5.95. The van der Waals surface area contributed by atoms with Gasteiger partial charge in [0.25, 0.3) is 5.91 Å². The molecule has 19 heavy (non-hydrogen) atoms. The van der Waals surface area contributed by atoms with Crippen molar-refractivity contribution in [2.24, 2.45) is 0 Å². The Morgan fingerprint density at radius 3 is 3.00 bits per heavy atom. The molecule has 2 aliphatic rings. The molecule has 1 unspecified atom stereocenters. The quantitative estimate of drug-likeness (QED) is 0.871. The van der Waals surface area contributed by atoms with Gasteiger partial charge in [0, 0.05) is 25.2 Å². The molecule has 1 N–H and O–H groups in total. The van der Waals surface area contributed by atoms with Gasteiger partial charge in [-0.25, -0.2) is 0 Å². The predicted molar refractivity (Wildman–Crippen MR) is 70.6 cm³/mol. The Morgan fingerprint density at radius 2 is 2.21 bits per heavy atom. The van der Waals surface area contributed by atoms with Gasteiger partial charge in [0.2, 0.25) is 6.79 Å².